The molecule has 3 amide bonds. The highest BCUT2D eigenvalue weighted by molar-refractivity contribution is 5.90. The van der Waals surface area contributed by atoms with Crippen molar-refractivity contribution in [1.29, 1.82) is 0 Å². The number of ether oxygens (including phenoxy) is 1. The molecule has 3 atom stereocenters. The van der Waals surface area contributed by atoms with Crippen molar-refractivity contribution in [2.75, 3.05) is 13.2 Å². The molecule has 2 aliphatic heterocycles. The number of esters is 1. The van der Waals surface area contributed by atoms with Crippen molar-refractivity contribution < 1.29 is 28.3 Å². The molecule has 0 aliphatic carbocycles. The summed E-state index contributed by atoms with van der Waals surface area (Å²) in [6, 6.07) is -2.24. The summed E-state index contributed by atoms with van der Waals surface area (Å²) in [5.74, 6) is -1.96. The number of fused-ring (bicyclic) bond motifs is 2. The number of rotatable bonds is 6. The molecule has 2 aliphatic rings. The van der Waals surface area contributed by atoms with Gasteiger partial charge in [-0.05, 0) is 12.5 Å². The lowest BCUT2D eigenvalue weighted by Crippen LogP contribution is -2.48. The van der Waals surface area contributed by atoms with Crippen LogP contribution >= 0.6 is 0 Å². The molecular weight excluding hydrogens is 297 g/mol. The number of carbonyl (C=O) groups excluding carboxylic acids is 3. The zero-order chi connectivity index (χ0) is 16.4. The van der Waals surface area contributed by atoms with Crippen molar-refractivity contribution in [3.05, 3.63) is 24.3 Å². The lowest BCUT2D eigenvalue weighted by atomic mass is 10.0. The van der Waals surface area contributed by atoms with E-state index < -0.39 is 36.3 Å². The number of nitrogens with zero attached hydrogens (tertiary/aromatic N) is 2. The van der Waals surface area contributed by atoms with E-state index in [0.717, 1.165) is 0 Å². The highest BCUT2D eigenvalue weighted by Gasteiger charge is 2.48. The van der Waals surface area contributed by atoms with Gasteiger partial charge in [0.05, 0.1) is 12.6 Å². The first kappa shape index (κ1) is 16.0. The second-order valence-electron chi connectivity index (χ2n) is 4.88. The lowest BCUT2D eigenvalue weighted by Gasteiger charge is -2.27. The minimum atomic E-state index is -2.45. The van der Waals surface area contributed by atoms with Crippen molar-refractivity contribution in [1.82, 2.24) is 9.96 Å². The van der Waals surface area contributed by atoms with Crippen molar-refractivity contribution in [3.63, 3.8) is 0 Å². The minimum Gasteiger partial charge on any atom is -0.457 e. The number of nitrogens with two attached hydrogens (primary N) is 1. The second kappa shape index (κ2) is 6.14. The van der Waals surface area contributed by atoms with Crippen LogP contribution in [0.5, 0.6) is 0 Å². The number of hydroxylamine groups is 2. The van der Waals surface area contributed by atoms with Gasteiger partial charge in [0, 0.05) is 0 Å². The maximum Gasteiger partial charge on any atom is 0.371 e. The van der Waals surface area contributed by atoms with E-state index in [-0.39, 0.29) is 13.2 Å². The maximum atomic E-state index is 13.7. The van der Waals surface area contributed by atoms with Crippen LogP contribution in [0.25, 0.3) is 0 Å². The summed E-state index contributed by atoms with van der Waals surface area (Å²) in [6.45, 7) is 4.91. The monoisotopic (exact) mass is 313 g/mol. The molecule has 0 aromatic rings. The first-order valence-corrected chi connectivity index (χ1v) is 6.52. The van der Waals surface area contributed by atoms with Gasteiger partial charge in [-0.15, -0.1) is 0 Å². The van der Waals surface area contributed by atoms with Gasteiger partial charge in [-0.2, -0.15) is 5.06 Å². The minimum absolute atomic E-state index is 0.123. The molecule has 1 fully saturated rings. The fourth-order valence-electron chi connectivity index (χ4n) is 2.45. The van der Waals surface area contributed by atoms with Crippen molar-refractivity contribution in [2.24, 2.45) is 5.73 Å². The fraction of sp³-hybridized carbons (Fsp3) is 0.462. The predicted octanol–water partition coefficient (Wildman–Crippen LogP) is -0.137. The van der Waals surface area contributed by atoms with E-state index in [1.807, 2.05) is 0 Å². The molecule has 2 bridgehead atoms. The summed E-state index contributed by atoms with van der Waals surface area (Å²) in [5, 5.41) is 0.715. The molecule has 2 N–H and O–H groups in total. The highest BCUT2D eigenvalue weighted by atomic mass is 19.1. The Labute approximate surface area is 125 Å². The van der Waals surface area contributed by atoms with Gasteiger partial charge in [-0.3, -0.25) is 4.79 Å². The zero-order valence-corrected chi connectivity index (χ0v) is 11.9. The molecule has 8 nitrogen and oxygen atoms in total. The molecule has 22 heavy (non-hydrogen) atoms. The van der Waals surface area contributed by atoms with E-state index in [9.17, 15) is 18.8 Å². The normalized spacial score (nSPS) is 24.8. The molecule has 0 unspecified atom stereocenters. The van der Waals surface area contributed by atoms with Gasteiger partial charge in [0.2, 0.25) is 5.91 Å². The molecule has 120 valence electrons. The summed E-state index contributed by atoms with van der Waals surface area (Å²) in [7, 11) is 0. The van der Waals surface area contributed by atoms with E-state index in [4.69, 9.17) is 10.6 Å². The Hall–Kier alpha value is -2.42. The van der Waals surface area contributed by atoms with Gasteiger partial charge in [-0.25, -0.2) is 18.8 Å². The topological polar surface area (TPSA) is 102 Å². The number of primary amides is 1. The van der Waals surface area contributed by atoms with Gasteiger partial charge in [0.15, 0.2) is 0 Å². The number of carbonyl (C=O) groups is 3. The smallest absolute Gasteiger partial charge is 0.371 e. The van der Waals surface area contributed by atoms with Crippen LogP contribution in [0, 0.1) is 0 Å². The fourth-order valence-corrected chi connectivity index (χ4v) is 2.45. The predicted molar refractivity (Wildman–Crippen MR) is 71.6 cm³/mol. The van der Waals surface area contributed by atoms with E-state index in [1.165, 1.54) is 11.0 Å². The average Bonchev–Trinajstić information content (AvgIpc) is 2.69. The van der Waals surface area contributed by atoms with Crippen LogP contribution in [0.15, 0.2) is 24.3 Å². The molecule has 0 saturated carbocycles. The van der Waals surface area contributed by atoms with Crippen molar-refractivity contribution >= 4 is 17.9 Å². The lowest BCUT2D eigenvalue weighted by molar-refractivity contribution is -0.222. The Balaban J connectivity index is 2.09. The van der Waals surface area contributed by atoms with Crippen LogP contribution in [0.1, 0.15) is 6.92 Å². The van der Waals surface area contributed by atoms with E-state index >= 15 is 0 Å². The Morgan fingerprint density at radius 1 is 1.64 bits per heavy atom. The van der Waals surface area contributed by atoms with Gasteiger partial charge >= 0.3 is 18.4 Å². The van der Waals surface area contributed by atoms with E-state index in [0.29, 0.717) is 10.6 Å². The average molecular weight is 313 g/mol. The standard InChI is InChI=1S/C13H16FN3O5/c1-3-4-21-12(19)10(14)22-17-8-5-7(2)9(11(15)18)16(6-8)13(17)20/h3,5,8-10H,1,4,6H2,2H3,(H2,15,18)/t8-,9+,10+/m1/s1. The zero-order valence-electron chi connectivity index (χ0n) is 11.9. The molecule has 1 saturated heterocycles. The largest absolute Gasteiger partial charge is 0.457 e. The quantitative estimate of drug-likeness (QED) is 0.543. The molecule has 0 radical (unpaired) electrons. The SMILES string of the molecule is C=CCOC(=O)[C@@H](F)ON1C(=O)N2C[C@H]1C=C(C)[C@H]2C(N)=O. The summed E-state index contributed by atoms with van der Waals surface area (Å²) < 4.78 is 18.2. The Morgan fingerprint density at radius 2 is 2.32 bits per heavy atom. The Morgan fingerprint density at radius 3 is 2.91 bits per heavy atom. The number of hydrogen-bond donors (Lipinski definition) is 1. The van der Waals surface area contributed by atoms with Gasteiger partial charge in [0.25, 0.3) is 0 Å². The number of halogens is 1. The van der Waals surface area contributed by atoms with Crippen LogP contribution < -0.4 is 5.73 Å². The first-order chi connectivity index (χ1) is 10.4. The van der Waals surface area contributed by atoms with Crippen LogP contribution in [-0.2, 0) is 19.2 Å². The molecule has 9 heteroatoms. The van der Waals surface area contributed by atoms with Gasteiger partial charge in [0.1, 0.15) is 12.6 Å². The Kier molecular flexibility index (Phi) is 4.45. The maximum absolute atomic E-state index is 13.7. The van der Waals surface area contributed by atoms with Crippen molar-refractivity contribution in [2.45, 2.75) is 25.4 Å². The number of alkyl halides is 1. The van der Waals surface area contributed by atoms with E-state index in [1.54, 1.807) is 13.0 Å². The van der Waals surface area contributed by atoms with Gasteiger partial charge in [-0.1, -0.05) is 18.7 Å². The number of urea groups is 1. The molecule has 0 spiro atoms. The van der Waals surface area contributed by atoms with Crippen LogP contribution in [0.4, 0.5) is 9.18 Å². The molecule has 2 rings (SSSR count). The summed E-state index contributed by atoms with van der Waals surface area (Å²) in [5.41, 5.74) is 5.83. The molecular formula is C13H16FN3O5. The van der Waals surface area contributed by atoms with Crippen LogP contribution in [0.2, 0.25) is 0 Å². The second-order valence-corrected chi connectivity index (χ2v) is 4.88. The van der Waals surface area contributed by atoms with Crippen LogP contribution in [-0.4, -0.2) is 59.5 Å². The summed E-state index contributed by atoms with van der Waals surface area (Å²) in [4.78, 5) is 40.8. The first-order valence-electron chi connectivity index (χ1n) is 6.52. The third kappa shape index (κ3) is 2.80. The third-order valence-corrected chi connectivity index (χ3v) is 3.32. The molecule has 0 aromatic heterocycles. The molecule has 2 heterocycles. The highest BCUT2D eigenvalue weighted by Crippen LogP contribution is 2.29. The Bertz CT molecular complexity index is 550. The van der Waals surface area contributed by atoms with E-state index in [2.05, 4.69) is 11.3 Å². The number of amides is 3. The van der Waals surface area contributed by atoms with Crippen LogP contribution in [0.3, 0.4) is 0 Å². The summed E-state index contributed by atoms with van der Waals surface area (Å²) >= 11 is 0. The molecule has 0 aromatic carbocycles. The van der Waals surface area contributed by atoms with Crippen molar-refractivity contribution in [3.8, 4) is 0 Å². The number of hydrogen-bond acceptors (Lipinski definition) is 5. The van der Waals surface area contributed by atoms with Gasteiger partial charge < -0.3 is 15.4 Å². The summed E-state index contributed by atoms with van der Waals surface area (Å²) in [6.07, 6.45) is 0.400. The third-order valence-electron chi connectivity index (χ3n) is 3.32.